The van der Waals surface area contributed by atoms with Gasteiger partial charge in [0.2, 0.25) is 0 Å². The molecule has 18 nitrogen and oxygen atoms in total. The average Bonchev–Trinajstić information content (AvgIpc) is 3.37. The Kier molecular flexibility index (Phi) is 8.52. The molecular weight excluding hydrogens is 594 g/mol. The fourth-order valence-electron chi connectivity index (χ4n) is 3.58. The number of aromatic nitrogens is 3. The smallest absolute Gasteiger partial charge is 0.297 e. The van der Waals surface area contributed by atoms with Crippen LogP contribution >= 0.6 is 11.6 Å². The van der Waals surface area contributed by atoms with Crippen LogP contribution < -0.4 is 0 Å². The van der Waals surface area contributed by atoms with E-state index in [9.17, 15) is 40.5 Å². The van der Waals surface area contributed by atoms with Gasteiger partial charge >= 0.3 is 0 Å². The Morgan fingerprint density at radius 3 is 1.95 bits per heavy atom. The monoisotopic (exact) mass is 607 g/mol. The van der Waals surface area contributed by atoms with Crippen LogP contribution in [0.25, 0.3) is 22.2 Å². The minimum atomic E-state index is -0.821. The maximum Gasteiger partial charge on any atom is 0.297 e. The van der Waals surface area contributed by atoms with Crippen LogP contribution in [0.3, 0.4) is 0 Å². The Morgan fingerprint density at radius 2 is 1.35 bits per heavy atom. The van der Waals surface area contributed by atoms with Crippen LogP contribution in [0.5, 0.6) is 0 Å². The molecule has 0 saturated carbocycles. The van der Waals surface area contributed by atoms with E-state index >= 15 is 0 Å². The van der Waals surface area contributed by atoms with Gasteiger partial charge in [0, 0.05) is 24.3 Å². The number of para-hydroxylation sites is 1. The predicted molar refractivity (Wildman–Crippen MR) is 149 cm³/mol. The molecule has 0 atom stereocenters. The molecule has 19 heteroatoms. The first-order chi connectivity index (χ1) is 20.4. The second-order valence-electron chi connectivity index (χ2n) is 8.27. The zero-order valence-corrected chi connectivity index (χ0v) is 21.9. The van der Waals surface area contributed by atoms with E-state index in [1.165, 1.54) is 24.3 Å². The number of nitrogens with zero attached hydrogens (tertiary/aromatic N) is 9. The molecule has 0 amide bonds. The molecule has 0 radical (unpaired) electrons. The lowest BCUT2D eigenvalue weighted by Gasteiger charge is -2.04. The van der Waals surface area contributed by atoms with Gasteiger partial charge in [0.05, 0.1) is 31.4 Å². The molecule has 0 bridgehead atoms. The summed E-state index contributed by atoms with van der Waals surface area (Å²) in [6.07, 6.45) is 0. The van der Waals surface area contributed by atoms with E-state index in [0.29, 0.717) is 11.0 Å². The topological polar surface area (TPSA) is 248 Å². The third kappa shape index (κ3) is 6.84. The molecule has 1 heterocycles. The predicted octanol–water partition coefficient (Wildman–Crippen LogP) is 6.72. The molecule has 1 aromatic heterocycles. The van der Waals surface area contributed by atoms with Gasteiger partial charge in [-0.15, -0.1) is 10.2 Å². The lowest BCUT2D eigenvalue weighted by molar-refractivity contribution is -0.394. The van der Waals surface area contributed by atoms with E-state index in [1.54, 1.807) is 12.1 Å². The van der Waals surface area contributed by atoms with Gasteiger partial charge in [-0.1, -0.05) is 34.6 Å². The van der Waals surface area contributed by atoms with Gasteiger partial charge in [0.15, 0.2) is 5.69 Å². The first kappa shape index (κ1) is 29.6. The average molecular weight is 608 g/mol. The third-order valence-electron chi connectivity index (χ3n) is 5.56. The van der Waals surface area contributed by atoms with Crippen molar-refractivity contribution in [3.63, 3.8) is 0 Å². The number of fused-ring (bicyclic) bond motifs is 1. The quantitative estimate of drug-likeness (QED) is 0.0878. The maximum absolute atomic E-state index is 11.5. The van der Waals surface area contributed by atoms with Crippen molar-refractivity contribution in [3.05, 3.63) is 124 Å². The van der Waals surface area contributed by atoms with Crippen LogP contribution in [-0.2, 0) is 0 Å². The summed E-state index contributed by atoms with van der Waals surface area (Å²) < 4.78 is 0. The van der Waals surface area contributed by atoms with Gasteiger partial charge in [0.25, 0.3) is 22.7 Å². The fraction of sp³-hybridized carbons (Fsp3) is 0. The van der Waals surface area contributed by atoms with Crippen LogP contribution in [0.4, 0.5) is 34.1 Å². The Labute approximate surface area is 242 Å². The number of benzene rings is 4. The van der Waals surface area contributed by atoms with Gasteiger partial charge in [0.1, 0.15) is 16.1 Å². The Hall–Kier alpha value is -6.43. The lowest BCUT2D eigenvalue weighted by atomic mass is 10.0. The van der Waals surface area contributed by atoms with E-state index in [2.05, 4.69) is 20.5 Å². The van der Waals surface area contributed by atoms with E-state index in [-0.39, 0.29) is 27.5 Å². The molecule has 0 saturated heterocycles. The molecule has 0 unspecified atom stereocenters. The summed E-state index contributed by atoms with van der Waals surface area (Å²) in [6.45, 7) is 0. The van der Waals surface area contributed by atoms with Crippen LogP contribution in [0.15, 0.2) is 89.1 Å². The summed E-state index contributed by atoms with van der Waals surface area (Å²) in [4.78, 5) is 42.3. The van der Waals surface area contributed by atoms with Crippen molar-refractivity contribution in [2.75, 3.05) is 0 Å². The normalized spacial score (nSPS) is 10.7. The number of nitro groups is 4. The molecular formula is C24H14ClN9O9. The molecule has 0 fully saturated rings. The SMILES string of the molecule is O=[N+]([O-])c1cc(-c2ccc(N=Nc3ccc(Cl)c([N+](=O)[O-])c3)c([N+](=O)[O-])c2)cc([N+](=O)[O-])c1.On1nnc2ccccc21. The summed E-state index contributed by atoms with van der Waals surface area (Å²) in [5.41, 5.74) is -0.873. The lowest BCUT2D eigenvalue weighted by Crippen LogP contribution is -1.94. The largest absolute Gasteiger partial charge is 0.410 e. The second kappa shape index (κ2) is 12.4. The molecule has 0 aliphatic rings. The molecule has 5 rings (SSSR count). The van der Waals surface area contributed by atoms with Gasteiger partial charge in [-0.05, 0) is 46.7 Å². The van der Waals surface area contributed by atoms with E-state index in [0.717, 1.165) is 35.2 Å². The van der Waals surface area contributed by atoms with Crippen molar-refractivity contribution < 1.29 is 24.9 Å². The first-order valence-corrected chi connectivity index (χ1v) is 11.9. The fourth-order valence-corrected chi connectivity index (χ4v) is 3.76. The van der Waals surface area contributed by atoms with E-state index < -0.39 is 42.4 Å². The van der Waals surface area contributed by atoms with Crippen molar-refractivity contribution in [2.45, 2.75) is 0 Å². The number of non-ortho nitro benzene ring substituents is 2. The Morgan fingerprint density at radius 1 is 0.698 bits per heavy atom. The van der Waals surface area contributed by atoms with Crippen molar-refractivity contribution in [1.29, 1.82) is 0 Å². The van der Waals surface area contributed by atoms with Crippen LogP contribution in [0.1, 0.15) is 0 Å². The molecule has 0 aliphatic carbocycles. The van der Waals surface area contributed by atoms with Crippen LogP contribution in [-0.4, -0.2) is 40.1 Å². The standard InChI is InChI=1S/C18H9ClN6O8.C6H5N3O/c19-15-3-2-12(8-17(15)24(30)31)20-21-16-4-1-10(7-18(16)25(32)33)11-5-13(22(26)27)9-14(6-11)23(28)29;10-9-6-4-2-1-3-5(6)7-8-9/h1-9H;1-4,10H. The van der Waals surface area contributed by atoms with Crippen molar-refractivity contribution in [1.82, 2.24) is 15.2 Å². The zero-order chi connectivity index (χ0) is 31.3. The third-order valence-corrected chi connectivity index (χ3v) is 5.88. The molecule has 43 heavy (non-hydrogen) atoms. The van der Waals surface area contributed by atoms with Crippen LogP contribution in [0, 0.1) is 40.5 Å². The Balaban J connectivity index is 0.000000353. The number of azo groups is 1. The molecule has 216 valence electrons. The van der Waals surface area contributed by atoms with Gasteiger partial charge < -0.3 is 5.21 Å². The summed E-state index contributed by atoms with van der Waals surface area (Å²) in [7, 11) is 0. The minimum absolute atomic E-state index is 0.0100. The second-order valence-corrected chi connectivity index (χ2v) is 8.68. The molecule has 1 N–H and O–H groups in total. The van der Waals surface area contributed by atoms with Gasteiger partial charge in [-0.25, -0.2) is 0 Å². The summed E-state index contributed by atoms with van der Waals surface area (Å²) in [6, 6.07) is 17.2. The van der Waals surface area contributed by atoms with Gasteiger partial charge in [-0.3, -0.25) is 40.5 Å². The number of nitro benzene ring substituents is 4. The van der Waals surface area contributed by atoms with E-state index in [4.69, 9.17) is 16.8 Å². The van der Waals surface area contributed by atoms with Crippen LogP contribution in [0.2, 0.25) is 5.02 Å². The van der Waals surface area contributed by atoms with Crippen molar-refractivity contribution in [2.24, 2.45) is 10.2 Å². The highest BCUT2D eigenvalue weighted by Crippen LogP contribution is 2.37. The number of hydrogen-bond acceptors (Lipinski definition) is 13. The molecule has 4 aromatic carbocycles. The van der Waals surface area contributed by atoms with E-state index in [1.807, 2.05) is 12.1 Å². The highest BCUT2D eigenvalue weighted by atomic mass is 35.5. The Bertz CT molecular complexity index is 1910. The maximum atomic E-state index is 11.5. The summed E-state index contributed by atoms with van der Waals surface area (Å²) >= 11 is 5.72. The highest BCUT2D eigenvalue weighted by molar-refractivity contribution is 6.32. The number of hydrogen-bond donors (Lipinski definition) is 1. The highest BCUT2D eigenvalue weighted by Gasteiger charge is 2.21. The molecule has 0 aliphatic heterocycles. The molecule has 5 aromatic rings. The molecule has 0 spiro atoms. The number of halogens is 1. The van der Waals surface area contributed by atoms with Crippen molar-refractivity contribution >= 4 is 56.8 Å². The minimum Gasteiger partial charge on any atom is -0.410 e. The zero-order valence-electron chi connectivity index (χ0n) is 21.1. The summed E-state index contributed by atoms with van der Waals surface area (Å²) in [5.74, 6) is 0. The van der Waals surface area contributed by atoms with Gasteiger partial charge in [-0.2, -0.15) is 5.11 Å². The number of rotatable bonds is 7. The van der Waals surface area contributed by atoms with Crippen molar-refractivity contribution in [3.8, 4) is 11.1 Å². The summed E-state index contributed by atoms with van der Waals surface area (Å²) in [5, 5.41) is 68.1. The first-order valence-electron chi connectivity index (χ1n) is 11.5.